The molecule has 0 bridgehead atoms. The highest BCUT2D eigenvalue weighted by Gasteiger charge is 2.32. The first-order valence-corrected chi connectivity index (χ1v) is 12.7. The van der Waals surface area contributed by atoms with Gasteiger partial charge < -0.3 is 16.1 Å². The van der Waals surface area contributed by atoms with Gasteiger partial charge in [0.25, 0.3) is 0 Å². The number of halogens is 2. The van der Waals surface area contributed by atoms with Crippen molar-refractivity contribution in [2.75, 3.05) is 17.2 Å². The van der Waals surface area contributed by atoms with Gasteiger partial charge in [0.15, 0.2) is 0 Å². The summed E-state index contributed by atoms with van der Waals surface area (Å²) in [6.45, 7) is 4.38. The molecule has 5 rings (SSSR count). The molecule has 2 heterocycles. The molecule has 1 saturated carbocycles. The van der Waals surface area contributed by atoms with Crippen LogP contribution in [0.15, 0.2) is 54.5 Å². The summed E-state index contributed by atoms with van der Waals surface area (Å²) in [7, 11) is 0. The third kappa shape index (κ3) is 5.45. The molecule has 0 unspecified atom stereocenters. The van der Waals surface area contributed by atoms with Crippen molar-refractivity contribution in [3.8, 4) is 12.1 Å². The first-order chi connectivity index (χ1) is 18.6. The predicted octanol–water partition coefficient (Wildman–Crippen LogP) is 5.73. The van der Waals surface area contributed by atoms with Gasteiger partial charge in [-0.15, -0.1) is 5.53 Å². The maximum atomic E-state index is 13.8. The molecule has 0 spiro atoms. The number of nitrogens with zero attached hydrogens (tertiary/aromatic N) is 4. The summed E-state index contributed by atoms with van der Waals surface area (Å²) in [6.07, 6.45) is 5.78. The van der Waals surface area contributed by atoms with Crippen molar-refractivity contribution in [1.82, 2.24) is 21.0 Å². The van der Waals surface area contributed by atoms with E-state index in [-0.39, 0.29) is 5.41 Å². The molecule has 0 radical (unpaired) electrons. The topological polar surface area (TPSA) is 112 Å². The molecule has 10 heteroatoms. The van der Waals surface area contributed by atoms with E-state index in [4.69, 9.17) is 11.6 Å². The van der Waals surface area contributed by atoms with Crippen LogP contribution in [0.4, 0.5) is 15.8 Å². The molecule has 3 aromatic rings. The Hall–Kier alpha value is -4.05. The summed E-state index contributed by atoms with van der Waals surface area (Å²) in [5.74, 6) is -0.397. The molecule has 1 aliphatic carbocycles. The molecule has 0 saturated heterocycles. The largest absolute Gasteiger partial charge is 0.383 e. The number of aromatic nitrogens is 1. The number of pyridine rings is 1. The maximum absolute atomic E-state index is 13.8. The standard InChI is InChI=1S/C28H28ClFN8/c1-28(2,9-10-31)16-34-25-18(13-32)14-33-27-22(25)11-20(12-23(27)29)35-26(17-3-5-19(30)6-4-17)24-15-38(37-36-24)21-7-8-21/h3-6,11-12,14-15,21,26,35-37H,7-9,16H2,1-2H3,(H,33,34)/t26-/m0/s1/i26D. The number of hydrogen-bond donors (Lipinski definition) is 4. The van der Waals surface area contributed by atoms with Gasteiger partial charge in [0.1, 0.15) is 11.9 Å². The van der Waals surface area contributed by atoms with E-state index in [2.05, 4.69) is 38.7 Å². The van der Waals surface area contributed by atoms with Crippen LogP contribution in [0.1, 0.15) is 51.6 Å². The molecule has 38 heavy (non-hydrogen) atoms. The fourth-order valence-corrected chi connectivity index (χ4v) is 4.54. The zero-order chi connectivity index (χ0) is 27.8. The average molecular weight is 532 g/mol. The van der Waals surface area contributed by atoms with Crippen LogP contribution in [-0.4, -0.2) is 22.6 Å². The number of hydrogen-bond acceptors (Lipinski definition) is 8. The van der Waals surface area contributed by atoms with Gasteiger partial charge in [0.2, 0.25) is 0 Å². The smallest absolute Gasteiger partial charge is 0.123 e. The molecule has 1 aliphatic heterocycles. The molecule has 194 valence electrons. The van der Waals surface area contributed by atoms with E-state index in [9.17, 15) is 16.3 Å². The Balaban J connectivity index is 1.58. The Labute approximate surface area is 227 Å². The van der Waals surface area contributed by atoms with E-state index >= 15 is 0 Å². The van der Waals surface area contributed by atoms with Gasteiger partial charge in [-0.3, -0.25) is 9.99 Å². The minimum atomic E-state index is -1.54. The minimum absolute atomic E-state index is 0.337. The lowest BCUT2D eigenvalue weighted by atomic mass is 9.90. The molecule has 0 amide bonds. The summed E-state index contributed by atoms with van der Waals surface area (Å²) in [4.78, 5) is 4.41. The van der Waals surface area contributed by atoms with E-state index in [0.717, 1.165) is 12.8 Å². The van der Waals surface area contributed by atoms with Crippen molar-refractivity contribution < 1.29 is 5.76 Å². The summed E-state index contributed by atoms with van der Waals surface area (Å²) >= 11 is 6.68. The lowest BCUT2D eigenvalue weighted by Gasteiger charge is -2.24. The summed E-state index contributed by atoms with van der Waals surface area (Å²) < 4.78 is 23.3. The number of nitrogens with one attached hydrogen (secondary N) is 4. The van der Waals surface area contributed by atoms with Gasteiger partial charge in [0.05, 0.1) is 40.9 Å². The Morgan fingerprint density at radius 1 is 1.29 bits per heavy atom. The minimum Gasteiger partial charge on any atom is -0.383 e. The van der Waals surface area contributed by atoms with E-state index in [0.29, 0.717) is 63.1 Å². The Bertz CT molecular complexity index is 1520. The van der Waals surface area contributed by atoms with Crippen LogP contribution in [0.2, 0.25) is 5.02 Å². The molecule has 1 aromatic heterocycles. The predicted molar refractivity (Wildman–Crippen MR) is 146 cm³/mol. The van der Waals surface area contributed by atoms with Gasteiger partial charge >= 0.3 is 0 Å². The second-order valence-corrected chi connectivity index (χ2v) is 10.7. The molecule has 1 atom stereocenters. The van der Waals surface area contributed by atoms with E-state index in [1.165, 1.54) is 18.3 Å². The molecule has 2 aromatic carbocycles. The highest BCUT2D eigenvalue weighted by Crippen LogP contribution is 2.37. The zero-order valence-electron chi connectivity index (χ0n) is 22.1. The van der Waals surface area contributed by atoms with E-state index in [1.54, 1.807) is 24.3 Å². The van der Waals surface area contributed by atoms with Gasteiger partial charge in [-0.05, 0) is 48.1 Å². The van der Waals surface area contributed by atoms with Gasteiger partial charge in [0, 0.05) is 42.5 Å². The number of rotatable bonds is 9. The summed E-state index contributed by atoms with van der Waals surface area (Å²) in [5, 5.41) is 28.5. The van der Waals surface area contributed by atoms with Gasteiger partial charge in [-0.25, -0.2) is 4.39 Å². The maximum Gasteiger partial charge on any atom is 0.123 e. The van der Waals surface area contributed by atoms with Crippen LogP contribution in [0.5, 0.6) is 0 Å². The normalized spacial score (nSPS) is 17.1. The van der Waals surface area contributed by atoms with Crippen molar-refractivity contribution in [1.29, 1.82) is 10.5 Å². The Morgan fingerprint density at radius 3 is 2.74 bits per heavy atom. The first kappa shape index (κ1) is 24.3. The molecule has 8 nitrogen and oxygen atoms in total. The number of benzene rings is 2. The lowest BCUT2D eigenvalue weighted by Crippen LogP contribution is -2.38. The van der Waals surface area contributed by atoms with Crippen LogP contribution < -0.4 is 21.6 Å². The average Bonchev–Trinajstić information content (AvgIpc) is 3.63. The third-order valence-electron chi connectivity index (χ3n) is 6.55. The molecule has 2 aliphatic rings. The van der Waals surface area contributed by atoms with Crippen LogP contribution in [-0.2, 0) is 0 Å². The first-order valence-electron chi connectivity index (χ1n) is 12.8. The number of nitriles is 2. The van der Waals surface area contributed by atoms with Crippen molar-refractivity contribution in [3.05, 3.63) is 76.5 Å². The van der Waals surface area contributed by atoms with Crippen LogP contribution >= 0.6 is 11.6 Å². The quantitative estimate of drug-likeness (QED) is 0.277. The highest BCUT2D eigenvalue weighted by atomic mass is 35.5. The second kappa shape index (κ2) is 10.4. The van der Waals surface area contributed by atoms with Crippen LogP contribution in [0, 0.1) is 33.9 Å². The third-order valence-corrected chi connectivity index (χ3v) is 6.83. The van der Waals surface area contributed by atoms with Crippen molar-refractivity contribution >= 4 is 33.9 Å². The highest BCUT2D eigenvalue weighted by molar-refractivity contribution is 6.35. The van der Waals surface area contributed by atoms with E-state index < -0.39 is 11.8 Å². The lowest BCUT2D eigenvalue weighted by molar-refractivity contribution is 0.260. The van der Waals surface area contributed by atoms with Crippen molar-refractivity contribution in [2.24, 2.45) is 5.41 Å². The van der Waals surface area contributed by atoms with Crippen LogP contribution in [0.25, 0.3) is 10.9 Å². The monoisotopic (exact) mass is 531 g/mol. The molecule has 1 fully saturated rings. The van der Waals surface area contributed by atoms with Crippen molar-refractivity contribution in [3.63, 3.8) is 0 Å². The van der Waals surface area contributed by atoms with Gasteiger partial charge in [-0.1, -0.05) is 37.6 Å². The molecule has 4 N–H and O–H groups in total. The summed E-state index contributed by atoms with van der Waals surface area (Å²) in [5.41, 5.74) is 8.80. The van der Waals surface area contributed by atoms with Gasteiger partial charge in [-0.2, -0.15) is 10.5 Å². The Morgan fingerprint density at radius 2 is 2.05 bits per heavy atom. The summed E-state index contributed by atoms with van der Waals surface area (Å²) in [6, 6.07) is 12.5. The zero-order valence-corrected chi connectivity index (χ0v) is 21.8. The van der Waals surface area contributed by atoms with Crippen molar-refractivity contribution in [2.45, 2.75) is 45.2 Å². The van der Waals surface area contributed by atoms with E-state index in [1.807, 2.05) is 25.1 Å². The number of hydrazine groups is 2. The molecular formula is C28H28ClFN8. The molecular weight excluding hydrogens is 503 g/mol. The fraction of sp³-hybridized carbons (Fsp3) is 0.321. The number of anilines is 2. The SMILES string of the molecule is [2H][C@@](Nc1cc(Cl)c2ncc(C#N)c(NCC(C)(C)CC#N)c2c1)(C1=CN(C2CC2)NN1)c1ccc(F)cc1. The Kier molecular flexibility index (Phi) is 6.63. The second-order valence-electron chi connectivity index (χ2n) is 10.3. The van der Waals surface area contributed by atoms with Crippen LogP contribution in [0.3, 0.4) is 0 Å². The number of fused-ring (bicyclic) bond motifs is 1. The fourth-order valence-electron chi connectivity index (χ4n) is 4.27.